The van der Waals surface area contributed by atoms with Crippen molar-refractivity contribution < 1.29 is 33.3 Å². The number of hydrogen-bond donors (Lipinski definition) is 0. The van der Waals surface area contributed by atoms with E-state index in [0.717, 1.165) is 44.9 Å². The Balaban J connectivity index is 1.46. The molecular formula is C28H40O7. The monoisotopic (exact) mass is 488 g/mol. The van der Waals surface area contributed by atoms with Gasteiger partial charge in [0.15, 0.2) is 18.0 Å². The first-order valence-electron chi connectivity index (χ1n) is 13.2. The third-order valence-corrected chi connectivity index (χ3v) is 10.2. The minimum absolute atomic E-state index is 0.0192. The summed E-state index contributed by atoms with van der Waals surface area (Å²) in [7, 11) is 0. The Morgan fingerprint density at radius 3 is 2.46 bits per heavy atom. The molecule has 35 heavy (non-hydrogen) atoms. The van der Waals surface area contributed by atoms with Gasteiger partial charge in [-0.25, -0.2) is 0 Å². The molecule has 8 atom stereocenters. The van der Waals surface area contributed by atoms with Crippen LogP contribution in [-0.2, 0) is 33.3 Å². The lowest BCUT2D eigenvalue weighted by Crippen LogP contribution is -2.61. The molecule has 5 aliphatic rings. The molecule has 7 nitrogen and oxygen atoms in total. The van der Waals surface area contributed by atoms with Gasteiger partial charge in [0, 0.05) is 25.7 Å². The van der Waals surface area contributed by atoms with Gasteiger partial charge in [-0.2, -0.15) is 0 Å². The van der Waals surface area contributed by atoms with Crippen molar-refractivity contribution in [1.82, 2.24) is 0 Å². The lowest BCUT2D eigenvalue weighted by Gasteiger charge is -2.59. The number of rotatable bonds is 4. The van der Waals surface area contributed by atoms with Crippen LogP contribution in [-0.4, -0.2) is 47.9 Å². The largest absolute Gasteiger partial charge is 0.462 e. The van der Waals surface area contributed by atoms with Crippen LogP contribution in [0.4, 0.5) is 0 Å². The molecule has 0 bridgehead atoms. The van der Waals surface area contributed by atoms with E-state index in [1.54, 1.807) is 0 Å². The molecular weight excluding hydrogens is 448 g/mol. The van der Waals surface area contributed by atoms with Crippen LogP contribution in [0.1, 0.15) is 86.5 Å². The molecule has 3 saturated carbocycles. The molecule has 0 spiro atoms. The summed E-state index contributed by atoms with van der Waals surface area (Å²) in [6.45, 7) is 10.9. The fourth-order valence-electron chi connectivity index (χ4n) is 8.84. The molecule has 0 amide bonds. The normalized spacial score (nSPS) is 45.3. The predicted octanol–water partition coefficient (Wildman–Crippen LogP) is 4.51. The summed E-state index contributed by atoms with van der Waals surface area (Å²) < 4.78 is 23.7. The fourth-order valence-corrected chi connectivity index (χ4v) is 8.84. The van der Waals surface area contributed by atoms with E-state index in [9.17, 15) is 14.4 Å². The summed E-state index contributed by atoms with van der Waals surface area (Å²) in [6.07, 6.45) is 8.41. The highest BCUT2D eigenvalue weighted by Crippen LogP contribution is 2.70. The zero-order valence-electron chi connectivity index (χ0n) is 22.0. The molecule has 1 heterocycles. The van der Waals surface area contributed by atoms with Gasteiger partial charge in [-0.05, 0) is 75.5 Å². The molecule has 7 heteroatoms. The van der Waals surface area contributed by atoms with Crippen LogP contribution in [0.5, 0.6) is 0 Å². The van der Waals surface area contributed by atoms with E-state index < -0.39 is 17.4 Å². The topological polar surface area (TPSA) is 88.1 Å². The van der Waals surface area contributed by atoms with Gasteiger partial charge in [0.1, 0.15) is 6.10 Å². The smallest absolute Gasteiger partial charge is 0.303 e. The summed E-state index contributed by atoms with van der Waals surface area (Å²) in [4.78, 5) is 36.8. The Labute approximate surface area is 208 Å². The van der Waals surface area contributed by atoms with Crippen molar-refractivity contribution in [1.29, 1.82) is 0 Å². The van der Waals surface area contributed by atoms with Crippen molar-refractivity contribution in [3.63, 3.8) is 0 Å². The number of esters is 2. The minimum Gasteiger partial charge on any atom is -0.462 e. The van der Waals surface area contributed by atoms with E-state index in [1.807, 2.05) is 13.8 Å². The quantitative estimate of drug-likeness (QED) is 0.425. The average molecular weight is 489 g/mol. The zero-order valence-corrected chi connectivity index (χ0v) is 22.0. The molecule has 0 aromatic heterocycles. The number of ether oxygens (including phenoxy) is 4. The van der Waals surface area contributed by atoms with Crippen molar-refractivity contribution in [2.75, 3.05) is 6.61 Å². The van der Waals surface area contributed by atoms with Crippen LogP contribution in [0.3, 0.4) is 0 Å². The first kappa shape index (κ1) is 24.9. The highest BCUT2D eigenvalue weighted by atomic mass is 16.8. The standard InChI is InChI=1S/C28H40O7/c1-16(29)32-15-23(31)28-24(34-25(3,4)35-28)14-22-20-8-7-18-13-19(33-17(2)30)9-11-26(18,5)21(20)10-12-27(22,28)6/h7,19-22,24H,8-15H2,1-6H3/t19-,20-,21-,22+,24+,26-,27-,28+/m0/s1. The van der Waals surface area contributed by atoms with E-state index in [-0.39, 0.29) is 47.3 Å². The number of carbonyl (C=O) groups excluding carboxylic acids is 3. The van der Waals surface area contributed by atoms with Crippen molar-refractivity contribution >= 4 is 17.7 Å². The van der Waals surface area contributed by atoms with Crippen LogP contribution in [0.2, 0.25) is 0 Å². The first-order valence-corrected chi connectivity index (χ1v) is 13.2. The minimum atomic E-state index is -1.10. The van der Waals surface area contributed by atoms with E-state index in [2.05, 4.69) is 19.9 Å². The maximum atomic E-state index is 13.7. The van der Waals surface area contributed by atoms with Crippen molar-refractivity contribution in [2.24, 2.45) is 28.6 Å². The molecule has 1 aliphatic heterocycles. The maximum Gasteiger partial charge on any atom is 0.303 e. The van der Waals surface area contributed by atoms with Gasteiger partial charge in [-0.15, -0.1) is 0 Å². The lowest BCUT2D eigenvalue weighted by molar-refractivity contribution is -0.215. The van der Waals surface area contributed by atoms with Crippen LogP contribution in [0.25, 0.3) is 0 Å². The molecule has 1 saturated heterocycles. The first-order chi connectivity index (χ1) is 16.3. The molecule has 0 aromatic carbocycles. The van der Waals surface area contributed by atoms with Gasteiger partial charge < -0.3 is 18.9 Å². The number of hydrogen-bond acceptors (Lipinski definition) is 7. The van der Waals surface area contributed by atoms with Gasteiger partial charge in [0.25, 0.3) is 0 Å². The highest BCUT2D eigenvalue weighted by Gasteiger charge is 2.75. The summed E-state index contributed by atoms with van der Waals surface area (Å²) in [6, 6.07) is 0. The van der Waals surface area contributed by atoms with Crippen molar-refractivity contribution in [3.05, 3.63) is 11.6 Å². The SMILES string of the molecule is CC(=O)OCC(=O)[C@@]12OC(C)(C)O[C@@H]1C[C@@H]1[C@H]3CC=C4C[C@@H](OC(C)=O)CC[C@]4(C)[C@H]3CC[C@@]12C. The lowest BCUT2D eigenvalue weighted by atomic mass is 9.46. The van der Waals surface area contributed by atoms with Crippen LogP contribution >= 0.6 is 0 Å². The van der Waals surface area contributed by atoms with E-state index >= 15 is 0 Å². The van der Waals surface area contributed by atoms with Gasteiger partial charge in [-0.1, -0.05) is 25.5 Å². The summed E-state index contributed by atoms with van der Waals surface area (Å²) in [5.74, 6) is -0.461. The van der Waals surface area contributed by atoms with Crippen LogP contribution < -0.4 is 0 Å². The molecule has 0 radical (unpaired) electrons. The van der Waals surface area contributed by atoms with Crippen molar-refractivity contribution in [2.45, 2.75) is 110 Å². The number of ketones is 1. The van der Waals surface area contributed by atoms with Crippen LogP contribution in [0, 0.1) is 28.6 Å². The third kappa shape index (κ3) is 3.63. The molecule has 194 valence electrons. The predicted molar refractivity (Wildman–Crippen MR) is 127 cm³/mol. The van der Waals surface area contributed by atoms with Crippen LogP contribution in [0.15, 0.2) is 11.6 Å². The second-order valence-corrected chi connectivity index (χ2v) is 12.5. The van der Waals surface area contributed by atoms with Gasteiger partial charge in [0.2, 0.25) is 5.78 Å². The molecule has 0 unspecified atom stereocenters. The Morgan fingerprint density at radius 2 is 1.77 bits per heavy atom. The zero-order chi connectivity index (χ0) is 25.4. The van der Waals surface area contributed by atoms with E-state index in [0.29, 0.717) is 11.8 Å². The van der Waals surface area contributed by atoms with E-state index in [1.165, 1.54) is 19.4 Å². The maximum absolute atomic E-state index is 13.7. The summed E-state index contributed by atoms with van der Waals surface area (Å²) >= 11 is 0. The average Bonchev–Trinajstić information content (AvgIpc) is 3.17. The Kier molecular flexibility index (Phi) is 5.80. The van der Waals surface area contributed by atoms with Crippen molar-refractivity contribution in [3.8, 4) is 0 Å². The summed E-state index contributed by atoms with van der Waals surface area (Å²) in [5.41, 5.74) is 0.0429. The van der Waals surface area contributed by atoms with Gasteiger partial charge in [-0.3, -0.25) is 14.4 Å². The fraction of sp³-hybridized carbons (Fsp3) is 0.821. The number of fused-ring (bicyclic) bond motifs is 7. The molecule has 5 rings (SSSR count). The van der Waals surface area contributed by atoms with Gasteiger partial charge in [0.05, 0.1) is 6.10 Å². The number of allylic oxidation sites excluding steroid dienone is 1. The van der Waals surface area contributed by atoms with Gasteiger partial charge >= 0.3 is 11.9 Å². The summed E-state index contributed by atoms with van der Waals surface area (Å²) in [5, 5.41) is 0. The highest BCUT2D eigenvalue weighted by molar-refractivity contribution is 5.92. The number of carbonyl (C=O) groups is 3. The molecule has 4 aliphatic carbocycles. The molecule has 0 aromatic rings. The number of Topliss-reactive ketones (excluding diaryl/α,β-unsaturated/α-hetero) is 1. The Morgan fingerprint density at radius 1 is 1.03 bits per heavy atom. The second-order valence-electron chi connectivity index (χ2n) is 12.5. The Hall–Kier alpha value is -1.73. The van der Waals surface area contributed by atoms with E-state index in [4.69, 9.17) is 18.9 Å². The second kappa shape index (κ2) is 8.14. The molecule has 0 N–H and O–H groups in total. The third-order valence-electron chi connectivity index (χ3n) is 10.2. The Bertz CT molecular complexity index is 968. The molecule has 4 fully saturated rings.